The molecule has 0 aliphatic heterocycles. The van der Waals surface area contributed by atoms with Crippen LogP contribution in [0.15, 0.2) is 70.1 Å². The molecule has 3 rings (SSSR count). The zero-order valence-corrected chi connectivity index (χ0v) is 17.0. The first kappa shape index (κ1) is 21.1. The Morgan fingerprint density at radius 2 is 1.77 bits per heavy atom. The first-order valence-corrected chi connectivity index (χ1v) is 10.3. The molecule has 0 saturated heterocycles. The highest BCUT2D eigenvalue weighted by Crippen LogP contribution is 2.24. The minimum Gasteiger partial charge on any atom is -0.452 e. The molecule has 9 nitrogen and oxygen atoms in total. The van der Waals surface area contributed by atoms with Crippen LogP contribution >= 0.6 is 0 Å². The van der Waals surface area contributed by atoms with Gasteiger partial charge in [0.1, 0.15) is 4.90 Å². The van der Waals surface area contributed by atoms with Gasteiger partial charge in [-0.25, -0.2) is 13.2 Å². The Bertz CT molecular complexity index is 1160. The van der Waals surface area contributed by atoms with Gasteiger partial charge in [-0.3, -0.25) is 14.4 Å². The second-order valence-corrected chi connectivity index (χ2v) is 8.20. The maximum absolute atomic E-state index is 13.1. The first-order valence-electron chi connectivity index (χ1n) is 8.82. The zero-order chi connectivity index (χ0) is 21.7. The number of aryl methyl sites for hydroxylation is 1. The minimum absolute atomic E-state index is 0.112. The summed E-state index contributed by atoms with van der Waals surface area (Å²) in [6.07, 6.45) is 0. The fourth-order valence-electron chi connectivity index (χ4n) is 2.59. The quantitative estimate of drug-likeness (QED) is 0.573. The van der Waals surface area contributed by atoms with Gasteiger partial charge in [0.2, 0.25) is 5.88 Å². The predicted molar refractivity (Wildman–Crippen MR) is 109 cm³/mol. The number of carbonyl (C=O) groups excluding carboxylic acids is 2. The van der Waals surface area contributed by atoms with Crippen LogP contribution in [-0.4, -0.2) is 39.1 Å². The van der Waals surface area contributed by atoms with Crippen molar-refractivity contribution in [2.45, 2.75) is 11.8 Å². The Balaban J connectivity index is 1.75. The molecule has 0 spiro atoms. The van der Waals surface area contributed by atoms with Crippen molar-refractivity contribution in [1.82, 2.24) is 5.16 Å². The number of nitrogens with zero attached hydrogens (tertiary/aromatic N) is 2. The monoisotopic (exact) mass is 429 g/mol. The van der Waals surface area contributed by atoms with Crippen molar-refractivity contribution in [2.75, 3.05) is 23.3 Å². The number of aromatic nitrogens is 1. The van der Waals surface area contributed by atoms with Crippen molar-refractivity contribution >= 4 is 33.5 Å². The molecule has 0 unspecified atom stereocenters. The van der Waals surface area contributed by atoms with Gasteiger partial charge in [-0.15, -0.1) is 0 Å². The number of carbonyl (C=O) groups is 2. The van der Waals surface area contributed by atoms with E-state index in [2.05, 4.69) is 10.5 Å². The lowest BCUT2D eigenvalue weighted by Gasteiger charge is -2.20. The van der Waals surface area contributed by atoms with Crippen molar-refractivity contribution < 1.29 is 27.3 Å². The summed E-state index contributed by atoms with van der Waals surface area (Å²) in [5, 5.41) is 6.01. The molecule has 1 heterocycles. The number of amides is 1. The number of sulfonamides is 1. The van der Waals surface area contributed by atoms with Gasteiger partial charge in [0, 0.05) is 13.1 Å². The van der Waals surface area contributed by atoms with Crippen molar-refractivity contribution in [1.29, 1.82) is 0 Å². The van der Waals surface area contributed by atoms with E-state index in [1.165, 1.54) is 37.4 Å². The fourth-order valence-corrected chi connectivity index (χ4v) is 3.96. The van der Waals surface area contributed by atoms with Crippen LogP contribution in [0.25, 0.3) is 0 Å². The van der Waals surface area contributed by atoms with E-state index in [4.69, 9.17) is 9.26 Å². The van der Waals surface area contributed by atoms with Crippen molar-refractivity contribution in [2.24, 2.45) is 0 Å². The van der Waals surface area contributed by atoms with E-state index >= 15 is 0 Å². The Hall–Kier alpha value is -3.66. The van der Waals surface area contributed by atoms with E-state index in [0.717, 1.165) is 4.31 Å². The standard InChI is InChI=1S/C20H19N3O6S/c1-14-12-19(29-22-14)21-18(24)13-28-20(25)16-10-6-7-11-17(16)30(26,27)23(2)15-8-4-3-5-9-15/h3-12H,13H2,1-2H3,(H,21,24). The molecule has 0 atom stereocenters. The van der Waals surface area contributed by atoms with E-state index in [1.807, 2.05) is 0 Å². The number of anilines is 2. The van der Waals surface area contributed by atoms with Gasteiger partial charge >= 0.3 is 5.97 Å². The lowest BCUT2D eigenvalue weighted by molar-refractivity contribution is -0.119. The van der Waals surface area contributed by atoms with Crippen LogP contribution < -0.4 is 9.62 Å². The minimum atomic E-state index is -4.04. The molecular weight excluding hydrogens is 410 g/mol. The van der Waals surface area contributed by atoms with Gasteiger partial charge in [-0.2, -0.15) is 0 Å². The highest BCUT2D eigenvalue weighted by Gasteiger charge is 2.27. The first-order chi connectivity index (χ1) is 14.3. The summed E-state index contributed by atoms with van der Waals surface area (Å²) in [7, 11) is -2.65. The second-order valence-electron chi connectivity index (χ2n) is 6.26. The summed E-state index contributed by atoms with van der Waals surface area (Å²) in [4.78, 5) is 24.2. The van der Waals surface area contributed by atoms with E-state index in [-0.39, 0.29) is 16.3 Å². The molecule has 10 heteroatoms. The number of hydrogen-bond donors (Lipinski definition) is 1. The molecule has 30 heavy (non-hydrogen) atoms. The Kier molecular flexibility index (Phi) is 6.17. The number of ether oxygens (including phenoxy) is 1. The number of hydrogen-bond acceptors (Lipinski definition) is 7. The third kappa shape index (κ3) is 4.66. The van der Waals surface area contributed by atoms with E-state index < -0.39 is 28.5 Å². The van der Waals surface area contributed by atoms with E-state index in [1.54, 1.807) is 37.3 Å². The van der Waals surface area contributed by atoms with Crippen LogP contribution in [0.5, 0.6) is 0 Å². The molecule has 0 radical (unpaired) electrons. The van der Waals surface area contributed by atoms with Crippen LogP contribution in [0.2, 0.25) is 0 Å². The van der Waals surface area contributed by atoms with Crippen LogP contribution in [0.4, 0.5) is 11.6 Å². The van der Waals surface area contributed by atoms with Gasteiger partial charge in [-0.05, 0) is 31.2 Å². The summed E-state index contributed by atoms with van der Waals surface area (Å²) in [6, 6.07) is 15.6. The normalized spacial score (nSPS) is 11.0. The lowest BCUT2D eigenvalue weighted by Crippen LogP contribution is -2.28. The number of rotatable bonds is 7. The maximum atomic E-state index is 13.1. The van der Waals surface area contributed by atoms with E-state index in [0.29, 0.717) is 11.4 Å². The number of esters is 1. The SMILES string of the molecule is Cc1cc(NC(=O)COC(=O)c2ccccc2S(=O)(=O)N(C)c2ccccc2)on1. The molecule has 0 fully saturated rings. The molecule has 1 aromatic heterocycles. The smallest absolute Gasteiger partial charge is 0.340 e. The summed E-state index contributed by atoms with van der Waals surface area (Å²) in [5.74, 6) is -1.48. The molecule has 0 saturated carbocycles. The van der Waals surface area contributed by atoms with Gasteiger partial charge in [0.25, 0.3) is 15.9 Å². The van der Waals surface area contributed by atoms with Crippen molar-refractivity contribution in [3.63, 3.8) is 0 Å². The largest absolute Gasteiger partial charge is 0.452 e. The molecule has 3 aromatic rings. The highest BCUT2D eigenvalue weighted by atomic mass is 32.2. The molecule has 0 aliphatic carbocycles. The Morgan fingerprint density at radius 3 is 2.43 bits per heavy atom. The molecule has 0 aliphatic rings. The summed E-state index contributed by atoms with van der Waals surface area (Å²) >= 11 is 0. The van der Waals surface area contributed by atoms with Gasteiger partial charge < -0.3 is 9.26 Å². The van der Waals surface area contributed by atoms with Gasteiger partial charge in [0.05, 0.1) is 16.9 Å². The van der Waals surface area contributed by atoms with Crippen LogP contribution in [0, 0.1) is 6.92 Å². The molecule has 1 amide bonds. The molecule has 1 N–H and O–H groups in total. The third-order valence-corrected chi connectivity index (χ3v) is 5.93. The summed E-state index contributed by atoms with van der Waals surface area (Å²) in [5.41, 5.74) is 0.829. The lowest BCUT2D eigenvalue weighted by atomic mass is 10.2. The van der Waals surface area contributed by atoms with Crippen LogP contribution in [0.3, 0.4) is 0 Å². The zero-order valence-electron chi connectivity index (χ0n) is 16.2. The molecule has 0 bridgehead atoms. The average molecular weight is 429 g/mol. The molecule has 156 valence electrons. The summed E-state index contributed by atoms with van der Waals surface area (Å²) < 4.78 is 37.0. The third-order valence-electron chi connectivity index (χ3n) is 4.09. The van der Waals surface area contributed by atoms with Gasteiger partial charge in [0.15, 0.2) is 6.61 Å². The maximum Gasteiger partial charge on any atom is 0.340 e. The topological polar surface area (TPSA) is 119 Å². The van der Waals surface area contributed by atoms with Gasteiger partial charge in [-0.1, -0.05) is 35.5 Å². The number of nitrogens with one attached hydrogen (secondary N) is 1. The highest BCUT2D eigenvalue weighted by molar-refractivity contribution is 7.92. The Morgan fingerprint density at radius 1 is 1.10 bits per heavy atom. The summed E-state index contributed by atoms with van der Waals surface area (Å²) in [6.45, 7) is 1.06. The van der Waals surface area contributed by atoms with Crippen molar-refractivity contribution in [3.8, 4) is 0 Å². The van der Waals surface area contributed by atoms with Crippen LogP contribution in [-0.2, 0) is 19.6 Å². The predicted octanol–water partition coefficient (Wildman–Crippen LogP) is 2.60. The van der Waals surface area contributed by atoms with E-state index in [9.17, 15) is 18.0 Å². The Labute approximate surface area is 173 Å². The number of para-hydroxylation sites is 1. The fraction of sp³-hybridized carbons (Fsp3) is 0.150. The average Bonchev–Trinajstić information content (AvgIpc) is 3.16. The van der Waals surface area contributed by atoms with Crippen LogP contribution in [0.1, 0.15) is 16.1 Å². The molecule has 2 aromatic carbocycles. The molecular formula is C20H19N3O6S. The number of benzene rings is 2. The second kappa shape index (κ2) is 8.78. The van der Waals surface area contributed by atoms with Crippen molar-refractivity contribution in [3.05, 3.63) is 71.9 Å².